The van der Waals surface area contributed by atoms with Crippen LogP contribution >= 0.6 is 0 Å². The molecule has 1 aromatic carbocycles. The average Bonchev–Trinajstić information content (AvgIpc) is 2.71. The number of amides is 1. The summed E-state index contributed by atoms with van der Waals surface area (Å²) in [4.78, 5) is 24.6. The molecule has 2 rings (SSSR count). The number of aromatic nitrogens is 1. The van der Waals surface area contributed by atoms with Crippen molar-refractivity contribution >= 4 is 22.6 Å². The number of carbonyl (C=O) groups excluding carboxylic acids is 2. The fourth-order valence-corrected chi connectivity index (χ4v) is 2.50. The number of methoxy groups -OCH3 is 1. The molecule has 5 heteroatoms. The highest BCUT2D eigenvalue weighted by molar-refractivity contribution is 6.45. The van der Waals surface area contributed by atoms with Crippen molar-refractivity contribution in [1.29, 1.82) is 0 Å². The Morgan fingerprint density at radius 2 is 2.00 bits per heavy atom. The molecule has 0 saturated carbocycles. The molecule has 1 N–H and O–H groups in total. The summed E-state index contributed by atoms with van der Waals surface area (Å²) < 4.78 is 6.88. The van der Waals surface area contributed by atoms with Crippen molar-refractivity contribution in [1.82, 2.24) is 9.88 Å². The number of carbonyl (C=O) groups is 2. The molecule has 0 unspecified atom stereocenters. The molecule has 0 radical (unpaired) electrons. The molecule has 2 aromatic rings. The minimum absolute atomic E-state index is 0.207. The SMILES string of the molecule is COC[C@@H](C)NC(=O)C(=O)c1c(C)n(C)c2ccccc12. The number of Topliss-reactive ketones (excluding diaryl/α,β-unsaturated/α-hetero) is 1. The van der Waals surface area contributed by atoms with E-state index in [4.69, 9.17) is 4.74 Å². The lowest BCUT2D eigenvalue weighted by Gasteiger charge is -2.12. The average molecular weight is 288 g/mol. The lowest BCUT2D eigenvalue weighted by atomic mass is 10.1. The van der Waals surface area contributed by atoms with Crippen molar-refractivity contribution in [2.75, 3.05) is 13.7 Å². The molecular weight excluding hydrogens is 268 g/mol. The van der Waals surface area contributed by atoms with Gasteiger partial charge in [-0.05, 0) is 19.9 Å². The van der Waals surface area contributed by atoms with Crippen molar-refractivity contribution in [2.45, 2.75) is 19.9 Å². The Morgan fingerprint density at radius 1 is 1.33 bits per heavy atom. The maximum Gasteiger partial charge on any atom is 0.292 e. The second-order valence-corrected chi connectivity index (χ2v) is 5.20. The molecule has 0 aliphatic rings. The number of ketones is 1. The van der Waals surface area contributed by atoms with Crippen LogP contribution in [-0.2, 0) is 16.6 Å². The Hall–Kier alpha value is -2.14. The van der Waals surface area contributed by atoms with Gasteiger partial charge in [-0.2, -0.15) is 0 Å². The summed E-state index contributed by atoms with van der Waals surface area (Å²) in [6.07, 6.45) is 0. The molecular formula is C16H20N2O3. The molecule has 5 nitrogen and oxygen atoms in total. The van der Waals surface area contributed by atoms with E-state index in [1.54, 1.807) is 14.0 Å². The Balaban J connectivity index is 2.36. The van der Waals surface area contributed by atoms with Gasteiger partial charge in [0, 0.05) is 36.8 Å². The van der Waals surface area contributed by atoms with Crippen LogP contribution in [0.1, 0.15) is 23.0 Å². The predicted molar refractivity (Wildman–Crippen MR) is 81.5 cm³/mol. The van der Waals surface area contributed by atoms with Gasteiger partial charge in [-0.15, -0.1) is 0 Å². The second kappa shape index (κ2) is 6.10. The molecule has 1 aromatic heterocycles. The van der Waals surface area contributed by atoms with Gasteiger partial charge in [0.15, 0.2) is 0 Å². The molecule has 1 heterocycles. The van der Waals surface area contributed by atoms with Crippen LogP contribution in [0.4, 0.5) is 0 Å². The summed E-state index contributed by atoms with van der Waals surface area (Å²) in [6, 6.07) is 7.37. The number of fused-ring (bicyclic) bond motifs is 1. The summed E-state index contributed by atoms with van der Waals surface area (Å²) in [5.41, 5.74) is 2.20. The first kappa shape index (κ1) is 15.3. The van der Waals surface area contributed by atoms with Gasteiger partial charge in [0.1, 0.15) is 0 Å². The van der Waals surface area contributed by atoms with Crippen LogP contribution in [0.2, 0.25) is 0 Å². The molecule has 112 valence electrons. The number of nitrogens with zero attached hydrogens (tertiary/aromatic N) is 1. The molecule has 1 atom stereocenters. The zero-order chi connectivity index (χ0) is 15.6. The van der Waals surface area contributed by atoms with Gasteiger partial charge in [-0.25, -0.2) is 0 Å². The number of rotatable bonds is 5. The van der Waals surface area contributed by atoms with E-state index >= 15 is 0 Å². The first-order chi connectivity index (χ1) is 9.97. The van der Waals surface area contributed by atoms with Crippen LogP contribution in [-0.4, -0.2) is 36.0 Å². The first-order valence-corrected chi connectivity index (χ1v) is 6.85. The van der Waals surface area contributed by atoms with Crippen molar-refractivity contribution in [2.24, 2.45) is 7.05 Å². The Labute approximate surface area is 123 Å². The van der Waals surface area contributed by atoms with Crippen molar-refractivity contribution in [3.63, 3.8) is 0 Å². The van der Waals surface area contributed by atoms with Crippen LogP contribution in [0.5, 0.6) is 0 Å². The normalized spacial score (nSPS) is 12.4. The van der Waals surface area contributed by atoms with E-state index in [-0.39, 0.29) is 6.04 Å². The molecule has 0 spiro atoms. The van der Waals surface area contributed by atoms with Gasteiger partial charge in [0.25, 0.3) is 11.7 Å². The van der Waals surface area contributed by atoms with E-state index in [1.807, 2.05) is 42.8 Å². The van der Waals surface area contributed by atoms with Crippen molar-refractivity contribution < 1.29 is 14.3 Å². The number of para-hydroxylation sites is 1. The fourth-order valence-electron chi connectivity index (χ4n) is 2.50. The minimum atomic E-state index is -0.598. The number of ether oxygens (including phenoxy) is 1. The number of hydrogen-bond donors (Lipinski definition) is 1. The van der Waals surface area contributed by atoms with Crippen molar-refractivity contribution in [3.8, 4) is 0 Å². The predicted octanol–water partition coefficient (Wildman–Crippen LogP) is 1.82. The highest BCUT2D eigenvalue weighted by Gasteiger charge is 2.24. The molecule has 21 heavy (non-hydrogen) atoms. The highest BCUT2D eigenvalue weighted by Crippen LogP contribution is 2.25. The monoisotopic (exact) mass is 288 g/mol. The van der Waals surface area contributed by atoms with Crippen LogP contribution < -0.4 is 5.32 Å². The first-order valence-electron chi connectivity index (χ1n) is 6.85. The van der Waals surface area contributed by atoms with E-state index in [1.165, 1.54) is 0 Å². The van der Waals surface area contributed by atoms with Gasteiger partial charge in [-0.1, -0.05) is 18.2 Å². The fraction of sp³-hybridized carbons (Fsp3) is 0.375. The third-order valence-corrected chi connectivity index (χ3v) is 3.63. The number of aryl methyl sites for hydroxylation is 1. The maximum absolute atomic E-state index is 12.5. The van der Waals surface area contributed by atoms with E-state index in [2.05, 4.69) is 5.32 Å². The molecule has 0 bridgehead atoms. The highest BCUT2D eigenvalue weighted by atomic mass is 16.5. The largest absolute Gasteiger partial charge is 0.383 e. The summed E-state index contributed by atoms with van der Waals surface area (Å²) in [5, 5.41) is 3.46. The van der Waals surface area contributed by atoms with E-state index in [0.29, 0.717) is 12.2 Å². The lowest BCUT2D eigenvalue weighted by molar-refractivity contribution is -0.117. The third-order valence-electron chi connectivity index (χ3n) is 3.63. The molecule has 0 aliphatic heterocycles. The van der Waals surface area contributed by atoms with E-state index in [0.717, 1.165) is 16.6 Å². The van der Waals surface area contributed by atoms with Gasteiger partial charge >= 0.3 is 0 Å². The zero-order valence-corrected chi connectivity index (χ0v) is 12.8. The minimum Gasteiger partial charge on any atom is -0.383 e. The third kappa shape index (κ3) is 2.83. The maximum atomic E-state index is 12.5. The molecule has 0 aliphatic carbocycles. The Bertz CT molecular complexity index is 688. The lowest BCUT2D eigenvalue weighted by Crippen LogP contribution is -2.40. The van der Waals surface area contributed by atoms with Crippen molar-refractivity contribution in [3.05, 3.63) is 35.5 Å². The topological polar surface area (TPSA) is 60.3 Å². The molecule has 1 amide bonds. The van der Waals surface area contributed by atoms with Gasteiger partial charge in [0.05, 0.1) is 12.2 Å². The van der Waals surface area contributed by atoms with Gasteiger partial charge in [0.2, 0.25) is 0 Å². The summed E-state index contributed by atoms with van der Waals surface area (Å²) in [5.74, 6) is -1.11. The standard InChI is InChI=1S/C16H20N2O3/c1-10(9-21-4)17-16(20)15(19)14-11(2)18(3)13-8-6-5-7-12(13)14/h5-8,10H,9H2,1-4H3,(H,17,20)/t10-/m1/s1. The van der Waals surface area contributed by atoms with Crippen LogP contribution in [0.25, 0.3) is 10.9 Å². The Morgan fingerprint density at radius 3 is 2.67 bits per heavy atom. The molecule has 0 saturated heterocycles. The zero-order valence-electron chi connectivity index (χ0n) is 12.8. The van der Waals surface area contributed by atoms with Gasteiger partial charge in [-0.3, -0.25) is 9.59 Å². The van der Waals surface area contributed by atoms with Crippen LogP contribution in [0.3, 0.4) is 0 Å². The smallest absolute Gasteiger partial charge is 0.292 e. The quantitative estimate of drug-likeness (QED) is 0.674. The van der Waals surface area contributed by atoms with Crippen LogP contribution in [0, 0.1) is 6.92 Å². The summed E-state index contributed by atoms with van der Waals surface area (Å²) in [7, 11) is 3.44. The molecule has 0 fully saturated rings. The number of hydrogen-bond acceptors (Lipinski definition) is 3. The van der Waals surface area contributed by atoms with Crippen LogP contribution in [0.15, 0.2) is 24.3 Å². The number of nitrogens with one attached hydrogen (secondary N) is 1. The van der Waals surface area contributed by atoms with Gasteiger partial charge < -0.3 is 14.6 Å². The summed E-state index contributed by atoms with van der Waals surface area (Å²) >= 11 is 0. The Kier molecular flexibility index (Phi) is 4.43. The van der Waals surface area contributed by atoms with E-state index in [9.17, 15) is 9.59 Å². The second-order valence-electron chi connectivity index (χ2n) is 5.20. The summed E-state index contributed by atoms with van der Waals surface area (Å²) in [6.45, 7) is 4.01. The van der Waals surface area contributed by atoms with E-state index < -0.39 is 11.7 Å². The number of benzene rings is 1.